The summed E-state index contributed by atoms with van der Waals surface area (Å²) in [5, 5.41) is 6.85. The Morgan fingerprint density at radius 1 is 1.18 bits per heavy atom. The van der Waals surface area contributed by atoms with Gasteiger partial charge in [-0.3, -0.25) is 4.99 Å². The van der Waals surface area contributed by atoms with Crippen LogP contribution in [0.4, 0.5) is 0 Å². The van der Waals surface area contributed by atoms with Crippen molar-refractivity contribution >= 4 is 5.96 Å². The number of methoxy groups -OCH3 is 1. The first kappa shape index (κ1) is 22.3. The van der Waals surface area contributed by atoms with Crippen LogP contribution in [0.25, 0.3) is 0 Å². The van der Waals surface area contributed by atoms with Crippen molar-refractivity contribution in [2.45, 2.75) is 45.3 Å². The molecule has 0 radical (unpaired) electrons. The van der Waals surface area contributed by atoms with E-state index in [1.807, 2.05) is 32.0 Å². The van der Waals surface area contributed by atoms with Crippen molar-refractivity contribution in [1.29, 1.82) is 0 Å². The number of hydrogen-bond acceptors (Lipinski definition) is 5. The number of guanidine groups is 1. The smallest absolute Gasteiger partial charge is 0.191 e. The summed E-state index contributed by atoms with van der Waals surface area (Å²) in [4.78, 5) is 4.36. The van der Waals surface area contributed by atoms with Gasteiger partial charge in [0.05, 0.1) is 24.9 Å². The van der Waals surface area contributed by atoms with Crippen LogP contribution in [-0.2, 0) is 9.47 Å². The van der Waals surface area contributed by atoms with Gasteiger partial charge >= 0.3 is 0 Å². The van der Waals surface area contributed by atoms with Crippen LogP contribution in [0.1, 0.15) is 45.2 Å². The van der Waals surface area contributed by atoms with Gasteiger partial charge in [0.2, 0.25) is 0 Å². The maximum atomic E-state index is 5.79. The van der Waals surface area contributed by atoms with Gasteiger partial charge in [0.25, 0.3) is 0 Å². The molecule has 0 spiro atoms. The van der Waals surface area contributed by atoms with Gasteiger partial charge in [-0.2, -0.15) is 0 Å². The third-order valence-corrected chi connectivity index (χ3v) is 5.06. The molecule has 1 aliphatic heterocycles. The molecule has 1 aromatic carbocycles. The molecule has 1 aromatic rings. The molecule has 2 N–H and O–H groups in total. The molecular formula is C21H35N3O4. The summed E-state index contributed by atoms with van der Waals surface area (Å²) in [5.74, 6) is 2.27. The molecule has 1 fully saturated rings. The van der Waals surface area contributed by atoms with Gasteiger partial charge < -0.3 is 29.6 Å². The molecule has 1 atom stereocenters. The van der Waals surface area contributed by atoms with Gasteiger partial charge in [0.15, 0.2) is 17.5 Å². The van der Waals surface area contributed by atoms with E-state index in [0.717, 1.165) is 49.1 Å². The highest BCUT2D eigenvalue weighted by Gasteiger charge is 2.32. The Morgan fingerprint density at radius 2 is 1.86 bits per heavy atom. The molecular weight excluding hydrogens is 358 g/mol. The van der Waals surface area contributed by atoms with Crippen LogP contribution >= 0.6 is 0 Å². The molecule has 28 heavy (non-hydrogen) atoms. The number of hydrogen-bond donors (Lipinski definition) is 2. The number of nitrogens with zero attached hydrogens (tertiary/aromatic N) is 1. The molecule has 1 aliphatic rings. The Bertz CT molecular complexity index is 630. The zero-order valence-electron chi connectivity index (χ0n) is 17.8. The molecule has 7 heteroatoms. The highest BCUT2D eigenvalue weighted by atomic mass is 16.5. The average molecular weight is 394 g/mol. The summed E-state index contributed by atoms with van der Waals surface area (Å²) in [5.41, 5.74) is 0.891. The van der Waals surface area contributed by atoms with Crippen molar-refractivity contribution in [2.24, 2.45) is 4.99 Å². The van der Waals surface area contributed by atoms with E-state index in [4.69, 9.17) is 18.9 Å². The SMILES string of the molecule is CCOc1ccc(C(C)NC(=NC)NCC2(OC)CCOCC2)cc1OCC. The summed E-state index contributed by atoms with van der Waals surface area (Å²) >= 11 is 0. The van der Waals surface area contributed by atoms with Crippen LogP contribution in [0.15, 0.2) is 23.2 Å². The fourth-order valence-corrected chi connectivity index (χ4v) is 3.26. The standard InChI is InChI=1S/C21H35N3O4/c1-6-27-18-9-8-17(14-19(18)28-7-2)16(3)24-20(22-4)23-15-21(25-5)10-12-26-13-11-21/h8-9,14,16H,6-7,10-13,15H2,1-5H3,(H2,22,23,24). The van der Waals surface area contributed by atoms with Crippen molar-refractivity contribution in [3.63, 3.8) is 0 Å². The Morgan fingerprint density at radius 3 is 2.46 bits per heavy atom. The second-order valence-electron chi connectivity index (χ2n) is 6.86. The van der Waals surface area contributed by atoms with E-state index in [0.29, 0.717) is 19.8 Å². The summed E-state index contributed by atoms with van der Waals surface area (Å²) in [7, 11) is 3.54. The summed E-state index contributed by atoms with van der Waals surface area (Å²) in [6.07, 6.45) is 1.75. The summed E-state index contributed by atoms with van der Waals surface area (Å²) < 4.78 is 22.6. The van der Waals surface area contributed by atoms with E-state index in [2.05, 4.69) is 22.5 Å². The van der Waals surface area contributed by atoms with Crippen molar-refractivity contribution < 1.29 is 18.9 Å². The lowest BCUT2D eigenvalue weighted by Gasteiger charge is -2.36. The van der Waals surface area contributed by atoms with Crippen LogP contribution in [0.5, 0.6) is 11.5 Å². The molecule has 7 nitrogen and oxygen atoms in total. The number of aliphatic imine (C=N–C) groups is 1. The summed E-state index contributed by atoms with van der Waals surface area (Å²) in [6.45, 7) is 9.38. The maximum absolute atomic E-state index is 5.79. The minimum absolute atomic E-state index is 0.0502. The zero-order chi connectivity index (χ0) is 20.4. The van der Waals surface area contributed by atoms with E-state index < -0.39 is 0 Å². The first-order valence-corrected chi connectivity index (χ1v) is 10.1. The molecule has 2 rings (SSSR count). The van der Waals surface area contributed by atoms with Crippen LogP contribution < -0.4 is 20.1 Å². The lowest BCUT2D eigenvalue weighted by Crippen LogP contribution is -2.51. The van der Waals surface area contributed by atoms with E-state index in [9.17, 15) is 0 Å². The third kappa shape index (κ3) is 6.01. The topological polar surface area (TPSA) is 73.3 Å². The Labute approximate surface area is 168 Å². The molecule has 0 saturated carbocycles. The summed E-state index contributed by atoms with van der Waals surface area (Å²) in [6, 6.07) is 6.08. The van der Waals surface area contributed by atoms with Crippen LogP contribution in [0.3, 0.4) is 0 Å². The van der Waals surface area contributed by atoms with E-state index in [1.165, 1.54) is 0 Å². The van der Waals surface area contributed by atoms with Gasteiger partial charge in [-0.1, -0.05) is 6.07 Å². The minimum Gasteiger partial charge on any atom is -0.490 e. The van der Waals surface area contributed by atoms with Crippen LogP contribution in [0, 0.1) is 0 Å². The molecule has 1 saturated heterocycles. The Hall–Kier alpha value is -1.99. The normalized spacial score (nSPS) is 17.7. The van der Waals surface area contributed by atoms with E-state index in [1.54, 1.807) is 14.2 Å². The lowest BCUT2D eigenvalue weighted by molar-refractivity contribution is -0.0855. The number of rotatable bonds is 9. The van der Waals surface area contributed by atoms with Crippen LogP contribution in [0.2, 0.25) is 0 Å². The molecule has 1 heterocycles. The number of benzene rings is 1. The Balaban J connectivity index is 2.01. The molecule has 0 amide bonds. The van der Waals surface area contributed by atoms with Gasteiger partial charge in [-0.25, -0.2) is 0 Å². The third-order valence-electron chi connectivity index (χ3n) is 5.06. The maximum Gasteiger partial charge on any atom is 0.191 e. The van der Waals surface area contributed by atoms with E-state index in [-0.39, 0.29) is 11.6 Å². The lowest BCUT2D eigenvalue weighted by atomic mass is 9.94. The van der Waals surface area contributed by atoms with Gasteiger partial charge in [-0.05, 0) is 38.5 Å². The Kier molecular flexibility index (Phi) is 8.86. The fraction of sp³-hybridized carbons (Fsp3) is 0.667. The van der Waals surface area contributed by atoms with Gasteiger partial charge in [0, 0.05) is 46.8 Å². The molecule has 0 aliphatic carbocycles. The molecule has 0 aromatic heterocycles. The first-order valence-electron chi connectivity index (χ1n) is 10.1. The predicted octanol–water partition coefficient (Wildman–Crippen LogP) is 2.91. The average Bonchev–Trinajstić information content (AvgIpc) is 2.73. The largest absolute Gasteiger partial charge is 0.490 e. The molecule has 158 valence electrons. The van der Waals surface area contributed by atoms with Gasteiger partial charge in [0.1, 0.15) is 0 Å². The molecule has 1 unspecified atom stereocenters. The van der Waals surface area contributed by atoms with Crippen molar-refractivity contribution in [1.82, 2.24) is 10.6 Å². The zero-order valence-corrected chi connectivity index (χ0v) is 17.8. The highest BCUT2D eigenvalue weighted by Crippen LogP contribution is 2.30. The van der Waals surface area contributed by atoms with Crippen molar-refractivity contribution in [3.8, 4) is 11.5 Å². The fourth-order valence-electron chi connectivity index (χ4n) is 3.26. The minimum atomic E-state index is -0.208. The number of ether oxygens (including phenoxy) is 4. The quantitative estimate of drug-likeness (QED) is 0.496. The second-order valence-corrected chi connectivity index (χ2v) is 6.86. The molecule has 0 bridgehead atoms. The van der Waals surface area contributed by atoms with Crippen LogP contribution in [-0.4, -0.2) is 58.7 Å². The van der Waals surface area contributed by atoms with Gasteiger partial charge in [-0.15, -0.1) is 0 Å². The van der Waals surface area contributed by atoms with Crippen molar-refractivity contribution in [2.75, 3.05) is 47.1 Å². The van der Waals surface area contributed by atoms with Crippen molar-refractivity contribution in [3.05, 3.63) is 23.8 Å². The second kappa shape index (κ2) is 11.1. The first-order chi connectivity index (χ1) is 13.6. The van der Waals surface area contributed by atoms with E-state index >= 15 is 0 Å². The monoisotopic (exact) mass is 393 g/mol. The highest BCUT2D eigenvalue weighted by molar-refractivity contribution is 5.80. The predicted molar refractivity (Wildman–Crippen MR) is 111 cm³/mol. The number of nitrogens with one attached hydrogen (secondary N) is 2.